The molecule has 1 atom stereocenters. The van der Waals surface area contributed by atoms with Gasteiger partial charge in [-0.25, -0.2) is 4.68 Å². The number of rotatable bonds is 5. The normalized spacial score (nSPS) is 14.0. The standard InChI is InChI=1S/C22H16ClF3N2OS/c23-18-8-4-5-9-20(18)30-14-21(29,22(24,25)26)16-10-11-19-15(12-16)13-27-28(19)17-6-2-1-3-7-17/h1-13,29H,14H2. The summed E-state index contributed by atoms with van der Waals surface area (Å²) in [6, 6.07) is 20.1. The molecule has 3 nitrogen and oxygen atoms in total. The first-order chi connectivity index (χ1) is 14.3. The number of alkyl halides is 3. The predicted octanol–water partition coefficient (Wildman–Crippen LogP) is 6.22. The minimum Gasteiger partial charge on any atom is -0.376 e. The quantitative estimate of drug-likeness (QED) is 0.368. The number of aliphatic hydroxyl groups is 1. The molecule has 1 heterocycles. The molecule has 1 N–H and O–H groups in total. The largest absolute Gasteiger partial charge is 0.422 e. The third kappa shape index (κ3) is 3.80. The number of fused-ring (bicyclic) bond motifs is 1. The van der Waals surface area contributed by atoms with Gasteiger partial charge in [0.25, 0.3) is 0 Å². The van der Waals surface area contributed by atoms with Crippen molar-refractivity contribution in [1.29, 1.82) is 0 Å². The zero-order valence-electron chi connectivity index (χ0n) is 15.5. The molecule has 1 aromatic heterocycles. The van der Waals surface area contributed by atoms with Crippen molar-refractivity contribution >= 4 is 34.3 Å². The summed E-state index contributed by atoms with van der Waals surface area (Å²) in [6.07, 6.45) is -3.38. The molecule has 0 bridgehead atoms. The number of halogens is 4. The Morgan fingerprint density at radius 3 is 2.37 bits per heavy atom. The number of thioether (sulfide) groups is 1. The lowest BCUT2D eigenvalue weighted by Gasteiger charge is -2.31. The average molecular weight is 449 g/mol. The van der Waals surface area contributed by atoms with Gasteiger partial charge in [-0.1, -0.05) is 48.0 Å². The molecule has 154 valence electrons. The van der Waals surface area contributed by atoms with Gasteiger partial charge in [0.15, 0.2) is 5.60 Å². The first kappa shape index (κ1) is 20.8. The van der Waals surface area contributed by atoms with E-state index in [-0.39, 0.29) is 5.56 Å². The first-order valence-corrected chi connectivity index (χ1v) is 10.4. The van der Waals surface area contributed by atoms with E-state index >= 15 is 0 Å². The number of aromatic nitrogens is 2. The molecule has 4 rings (SSSR count). The van der Waals surface area contributed by atoms with Crippen LogP contribution in [0.25, 0.3) is 16.6 Å². The van der Waals surface area contributed by atoms with Gasteiger partial charge >= 0.3 is 6.18 Å². The number of para-hydroxylation sites is 1. The molecule has 0 saturated carbocycles. The lowest BCUT2D eigenvalue weighted by Crippen LogP contribution is -2.44. The molecule has 0 aliphatic rings. The maximum absolute atomic E-state index is 13.9. The summed E-state index contributed by atoms with van der Waals surface area (Å²) in [6.45, 7) is 0. The Morgan fingerprint density at radius 1 is 0.967 bits per heavy atom. The van der Waals surface area contributed by atoms with Crippen molar-refractivity contribution in [3.8, 4) is 5.69 Å². The van der Waals surface area contributed by atoms with Crippen LogP contribution in [-0.4, -0.2) is 26.8 Å². The lowest BCUT2D eigenvalue weighted by molar-refractivity contribution is -0.256. The Kier molecular flexibility index (Phi) is 5.53. The molecule has 3 aromatic carbocycles. The molecule has 0 amide bonds. The van der Waals surface area contributed by atoms with E-state index in [1.54, 1.807) is 35.0 Å². The number of nitrogens with zero attached hydrogens (tertiary/aromatic N) is 2. The molecule has 0 fully saturated rings. The van der Waals surface area contributed by atoms with Gasteiger partial charge in [0, 0.05) is 16.0 Å². The van der Waals surface area contributed by atoms with Crippen LogP contribution in [0.15, 0.2) is 83.9 Å². The van der Waals surface area contributed by atoms with E-state index in [0.29, 0.717) is 20.8 Å². The number of benzene rings is 3. The molecule has 0 aliphatic carbocycles. The summed E-state index contributed by atoms with van der Waals surface area (Å²) >= 11 is 6.92. The summed E-state index contributed by atoms with van der Waals surface area (Å²) in [7, 11) is 0. The topological polar surface area (TPSA) is 38.1 Å². The van der Waals surface area contributed by atoms with Crippen molar-refractivity contribution in [1.82, 2.24) is 9.78 Å². The van der Waals surface area contributed by atoms with Crippen molar-refractivity contribution in [2.45, 2.75) is 16.7 Å². The third-order valence-corrected chi connectivity index (χ3v) is 6.46. The minimum atomic E-state index is -4.87. The van der Waals surface area contributed by atoms with Crippen LogP contribution in [0, 0.1) is 0 Å². The Morgan fingerprint density at radius 2 is 1.67 bits per heavy atom. The van der Waals surface area contributed by atoms with Gasteiger partial charge in [0.1, 0.15) is 0 Å². The highest BCUT2D eigenvalue weighted by molar-refractivity contribution is 7.99. The van der Waals surface area contributed by atoms with Crippen LogP contribution in [0.3, 0.4) is 0 Å². The fourth-order valence-corrected chi connectivity index (χ4v) is 4.51. The second-order valence-electron chi connectivity index (χ2n) is 6.74. The van der Waals surface area contributed by atoms with Gasteiger partial charge in [-0.3, -0.25) is 0 Å². The van der Waals surface area contributed by atoms with Crippen LogP contribution in [0.1, 0.15) is 5.56 Å². The Bertz CT molecular complexity index is 1180. The van der Waals surface area contributed by atoms with E-state index in [9.17, 15) is 18.3 Å². The minimum absolute atomic E-state index is 0.241. The van der Waals surface area contributed by atoms with Crippen molar-refractivity contribution in [3.05, 3.63) is 89.6 Å². The van der Waals surface area contributed by atoms with E-state index in [1.165, 1.54) is 18.3 Å². The summed E-state index contributed by atoms with van der Waals surface area (Å²) in [5, 5.41) is 15.9. The van der Waals surface area contributed by atoms with Gasteiger partial charge in [-0.05, 0) is 42.0 Å². The first-order valence-electron chi connectivity index (χ1n) is 9.00. The van der Waals surface area contributed by atoms with Crippen LogP contribution >= 0.6 is 23.4 Å². The molecule has 8 heteroatoms. The van der Waals surface area contributed by atoms with Gasteiger partial charge < -0.3 is 5.11 Å². The van der Waals surface area contributed by atoms with Crippen molar-refractivity contribution in [2.24, 2.45) is 0 Å². The third-order valence-electron chi connectivity index (χ3n) is 4.79. The molecule has 30 heavy (non-hydrogen) atoms. The maximum atomic E-state index is 13.9. The molecule has 0 saturated heterocycles. The van der Waals surface area contributed by atoms with Crippen LogP contribution < -0.4 is 0 Å². The van der Waals surface area contributed by atoms with Gasteiger partial charge in [-0.2, -0.15) is 18.3 Å². The maximum Gasteiger partial charge on any atom is 0.422 e. The Labute approximate surface area is 180 Å². The smallest absolute Gasteiger partial charge is 0.376 e. The van der Waals surface area contributed by atoms with Crippen LogP contribution in [0.2, 0.25) is 5.02 Å². The van der Waals surface area contributed by atoms with Crippen molar-refractivity contribution in [2.75, 3.05) is 5.75 Å². The van der Waals surface area contributed by atoms with Crippen molar-refractivity contribution in [3.63, 3.8) is 0 Å². The highest BCUT2D eigenvalue weighted by atomic mass is 35.5. The molecule has 0 aliphatic heterocycles. The summed E-state index contributed by atoms with van der Waals surface area (Å²) in [5.41, 5.74) is -1.84. The summed E-state index contributed by atoms with van der Waals surface area (Å²) < 4.78 is 43.5. The van der Waals surface area contributed by atoms with Crippen LogP contribution in [0.4, 0.5) is 13.2 Å². The highest BCUT2D eigenvalue weighted by Crippen LogP contribution is 2.44. The lowest BCUT2D eigenvalue weighted by atomic mass is 9.94. The van der Waals surface area contributed by atoms with E-state index in [2.05, 4.69) is 5.10 Å². The molecular weight excluding hydrogens is 433 g/mol. The summed E-state index contributed by atoms with van der Waals surface area (Å²) in [5.74, 6) is -0.626. The number of hydrogen-bond donors (Lipinski definition) is 1. The van der Waals surface area contributed by atoms with Crippen molar-refractivity contribution < 1.29 is 18.3 Å². The molecule has 4 aromatic rings. The Balaban J connectivity index is 1.71. The monoisotopic (exact) mass is 448 g/mol. The molecule has 0 radical (unpaired) electrons. The van der Waals surface area contributed by atoms with Crippen LogP contribution in [-0.2, 0) is 5.60 Å². The van der Waals surface area contributed by atoms with Gasteiger partial charge in [0.2, 0.25) is 0 Å². The molecule has 1 unspecified atom stereocenters. The predicted molar refractivity (Wildman–Crippen MR) is 113 cm³/mol. The zero-order valence-corrected chi connectivity index (χ0v) is 17.0. The zero-order chi connectivity index (χ0) is 21.4. The molecular formula is C22H16ClF3N2OS. The number of hydrogen-bond acceptors (Lipinski definition) is 3. The van der Waals surface area contributed by atoms with Gasteiger partial charge in [-0.15, -0.1) is 11.8 Å². The summed E-state index contributed by atoms with van der Waals surface area (Å²) in [4.78, 5) is 0.472. The highest BCUT2D eigenvalue weighted by Gasteiger charge is 2.55. The van der Waals surface area contributed by atoms with E-state index in [4.69, 9.17) is 11.6 Å². The second-order valence-corrected chi connectivity index (χ2v) is 8.17. The second kappa shape index (κ2) is 7.98. The average Bonchev–Trinajstić information content (AvgIpc) is 3.16. The Hall–Kier alpha value is -2.48. The fourth-order valence-electron chi connectivity index (χ4n) is 3.14. The van der Waals surface area contributed by atoms with Crippen LogP contribution in [0.5, 0.6) is 0 Å². The fraction of sp³-hybridized carbons (Fsp3) is 0.136. The van der Waals surface area contributed by atoms with Gasteiger partial charge in [0.05, 0.1) is 22.4 Å². The van der Waals surface area contributed by atoms with E-state index < -0.39 is 17.5 Å². The van der Waals surface area contributed by atoms with E-state index in [0.717, 1.165) is 17.4 Å². The SMILES string of the molecule is OC(CSc1ccccc1Cl)(c1ccc2c(cnn2-c2ccccc2)c1)C(F)(F)F. The van der Waals surface area contributed by atoms with E-state index in [1.807, 2.05) is 30.3 Å². The molecule has 0 spiro atoms.